The van der Waals surface area contributed by atoms with Crippen molar-refractivity contribution in [3.63, 3.8) is 0 Å². The Balaban J connectivity index is 2.33. The van der Waals surface area contributed by atoms with E-state index in [1.54, 1.807) is 6.92 Å². The van der Waals surface area contributed by atoms with Crippen LogP contribution in [0.15, 0.2) is 4.42 Å². The smallest absolute Gasteiger partial charge is 0.316 e. The van der Waals surface area contributed by atoms with E-state index in [1.165, 1.54) is 0 Å². The molecule has 0 radical (unpaired) electrons. The number of aromatic nitrogens is 2. The van der Waals surface area contributed by atoms with Gasteiger partial charge in [0.1, 0.15) is 0 Å². The summed E-state index contributed by atoms with van der Waals surface area (Å²) in [5.74, 6) is -0.0663. The van der Waals surface area contributed by atoms with Crippen molar-refractivity contribution in [1.29, 1.82) is 0 Å². The van der Waals surface area contributed by atoms with Crippen LogP contribution in [0.25, 0.3) is 0 Å². The Labute approximate surface area is 87.3 Å². The fourth-order valence-corrected chi connectivity index (χ4v) is 1.85. The molecule has 1 aromatic heterocycles. The monoisotopic (exact) mass is 235 g/mol. The maximum Gasteiger partial charge on any atom is 0.316 e. The minimum Gasteiger partial charge on any atom is -0.390 e. The summed E-state index contributed by atoms with van der Waals surface area (Å²) in [4.78, 5) is 0. The first kappa shape index (κ1) is 11.7. The van der Waals surface area contributed by atoms with E-state index in [0.717, 1.165) is 0 Å². The zero-order valence-corrected chi connectivity index (χ0v) is 9.04. The Bertz CT molecular complexity index is 401. The molecule has 0 amide bonds. The highest BCUT2D eigenvalue weighted by molar-refractivity contribution is 7.89. The van der Waals surface area contributed by atoms with Gasteiger partial charge in [-0.1, -0.05) is 17.1 Å². The van der Waals surface area contributed by atoms with Crippen LogP contribution < -0.4 is 15.8 Å². The molecule has 0 saturated heterocycles. The number of sulfonamides is 1. The van der Waals surface area contributed by atoms with Crippen LogP contribution in [-0.2, 0) is 10.0 Å². The van der Waals surface area contributed by atoms with Gasteiger partial charge in [0.05, 0.1) is 5.75 Å². The Morgan fingerprint density at radius 1 is 1.47 bits per heavy atom. The first-order valence-corrected chi connectivity index (χ1v) is 5.99. The number of nitrogens with one attached hydrogen (secondary N) is 2. The van der Waals surface area contributed by atoms with Crippen molar-refractivity contribution in [1.82, 2.24) is 14.9 Å². The van der Waals surface area contributed by atoms with E-state index in [9.17, 15) is 8.42 Å². The normalized spacial score (nSPS) is 11.5. The number of hydrogen-bond donors (Lipinski definition) is 3. The molecule has 4 N–H and O–H groups in total. The van der Waals surface area contributed by atoms with Gasteiger partial charge in [0, 0.05) is 13.1 Å². The van der Waals surface area contributed by atoms with Crippen molar-refractivity contribution in [2.75, 3.05) is 29.9 Å². The van der Waals surface area contributed by atoms with Gasteiger partial charge < -0.3 is 15.5 Å². The SMILES string of the molecule is CCNS(=O)(=O)CCNc1nnc(N)o1. The second-order valence-electron chi connectivity index (χ2n) is 2.69. The Hall–Kier alpha value is -1.35. The molecule has 1 heterocycles. The van der Waals surface area contributed by atoms with E-state index in [-0.39, 0.29) is 24.3 Å². The van der Waals surface area contributed by atoms with Crippen LogP contribution in [-0.4, -0.2) is 37.5 Å². The standard InChI is InChI=1S/C6H13N5O3S/c1-2-9-15(12,13)4-3-8-6-11-10-5(7)14-6/h9H,2-4H2,1H3,(H2,7,10)(H,8,11). The first-order chi connectivity index (χ1) is 7.03. The molecule has 0 aliphatic heterocycles. The van der Waals surface area contributed by atoms with Crippen molar-refractivity contribution in [3.8, 4) is 0 Å². The first-order valence-electron chi connectivity index (χ1n) is 4.33. The molecule has 8 nitrogen and oxygen atoms in total. The lowest BCUT2D eigenvalue weighted by Crippen LogP contribution is -2.29. The van der Waals surface area contributed by atoms with E-state index in [1.807, 2.05) is 0 Å². The topological polar surface area (TPSA) is 123 Å². The molecular formula is C6H13N5O3S. The van der Waals surface area contributed by atoms with Crippen LogP contribution >= 0.6 is 0 Å². The highest BCUT2D eigenvalue weighted by Crippen LogP contribution is 2.04. The molecule has 0 aliphatic rings. The van der Waals surface area contributed by atoms with Crippen LogP contribution in [0.4, 0.5) is 12.0 Å². The Morgan fingerprint density at radius 2 is 2.20 bits per heavy atom. The van der Waals surface area contributed by atoms with Gasteiger partial charge >= 0.3 is 12.0 Å². The van der Waals surface area contributed by atoms with Crippen LogP contribution in [0.1, 0.15) is 6.92 Å². The van der Waals surface area contributed by atoms with Gasteiger partial charge in [0.15, 0.2) is 0 Å². The van der Waals surface area contributed by atoms with Crippen molar-refractivity contribution in [3.05, 3.63) is 0 Å². The average molecular weight is 235 g/mol. The fraction of sp³-hybridized carbons (Fsp3) is 0.667. The lowest BCUT2D eigenvalue weighted by Gasteiger charge is -2.03. The Kier molecular flexibility index (Phi) is 3.86. The van der Waals surface area contributed by atoms with Crippen LogP contribution in [0.5, 0.6) is 0 Å². The van der Waals surface area contributed by atoms with E-state index in [2.05, 4.69) is 20.2 Å². The second-order valence-corrected chi connectivity index (χ2v) is 4.62. The number of rotatable bonds is 6. The number of anilines is 2. The largest absolute Gasteiger partial charge is 0.390 e. The van der Waals surface area contributed by atoms with Gasteiger partial charge in [-0.2, -0.15) is 0 Å². The summed E-state index contributed by atoms with van der Waals surface area (Å²) in [7, 11) is -3.23. The van der Waals surface area contributed by atoms with Gasteiger partial charge in [-0.25, -0.2) is 13.1 Å². The number of nitrogens with two attached hydrogens (primary N) is 1. The third-order valence-electron chi connectivity index (χ3n) is 1.45. The molecular weight excluding hydrogens is 222 g/mol. The molecule has 0 fully saturated rings. The maximum absolute atomic E-state index is 11.2. The van der Waals surface area contributed by atoms with E-state index >= 15 is 0 Å². The fourth-order valence-electron chi connectivity index (χ4n) is 0.890. The van der Waals surface area contributed by atoms with Crippen LogP contribution in [0, 0.1) is 0 Å². The summed E-state index contributed by atoms with van der Waals surface area (Å²) < 4.78 is 29.5. The van der Waals surface area contributed by atoms with Gasteiger partial charge in [-0.05, 0) is 0 Å². The molecule has 1 aromatic rings. The van der Waals surface area contributed by atoms with Gasteiger partial charge in [0.2, 0.25) is 10.0 Å². The number of nitrogen functional groups attached to an aromatic ring is 1. The lowest BCUT2D eigenvalue weighted by atomic mass is 10.7. The molecule has 0 unspecified atom stereocenters. The summed E-state index contributed by atoms with van der Waals surface area (Å²) in [6.07, 6.45) is 0. The highest BCUT2D eigenvalue weighted by Gasteiger charge is 2.08. The van der Waals surface area contributed by atoms with Crippen molar-refractivity contribution in [2.45, 2.75) is 6.92 Å². The third-order valence-corrected chi connectivity index (χ3v) is 2.92. The predicted octanol–water partition coefficient (Wildman–Crippen LogP) is -0.997. The Morgan fingerprint density at radius 3 is 2.73 bits per heavy atom. The lowest BCUT2D eigenvalue weighted by molar-refractivity contribution is 0.579. The molecule has 9 heteroatoms. The second kappa shape index (κ2) is 4.94. The van der Waals surface area contributed by atoms with Crippen LogP contribution in [0.3, 0.4) is 0 Å². The molecule has 0 bridgehead atoms. The third kappa shape index (κ3) is 4.13. The minimum absolute atomic E-state index is 0.0629. The maximum atomic E-state index is 11.2. The molecule has 0 aromatic carbocycles. The van der Waals surface area contributed by atoms with Crippen LogP contribution in [0.2, 0.25) is 0 Å². The molecule has 1 rings (SSSR count). The van der Waals surface area contributed by atoms with Gasteiger partial charge in [-0.15, -0.1) is 0 Å². The van der Waals surface area contributed by atoms with Crippen molar-refractivity contribution >= 4 is 22.1 Å². The zero-order valence-electron chi connectivity index (χ0n) is 8.23. The van der Waals surface area contributed by atoms with Crippen molar-refractivity contribution < 1.29 is 12.8 Å². The summed E-state index contributed by atoms with van der Waals surface area (Å²) in [5, 5.41) is 9.56. The average Bonchev–Trinajstić information content (AvgIpc) is 2.51. The number of hydrogen-bond acceptors (Lipinski definition) is 7. The molecule has 0 spiro atoms. The molecule has 86 valence electrons. The van der Waals surface area contributed by atoms with E-state index in [0.29, 0.717) is 6.54 Å². The highest BCUT2D eigenvalue weighted by atomic mass is 32.2. The molecule has 15 heavy (non-hydrogen) atoms. The summed E-state index contributed by atoms with van der Waals surface area (Å²) in [5.41, 5.74) is 5.17. The summed E-state index contributed by atoms with van der Waals surface area (Å²) in [6.45, 7) is 2.26. The molecule has 0 atom stereocenters. The zero-order chi connectivity index (χ0) is 11.3. The van der Waals surface area contributed by atoms with Crippen molar-refractivity contribution in [2.24, 2.45) is 0 Å². The predicted molar refractivity (Wildman–Crippen MR) is 54.7 cm³/mol. The quantitative estimate of drug-likeness (QED) is 0.578. The number of nitrogens with zero attached hydrogens (tertiary/aromatic N) is 2. The van der Waals surface area contributed by atoms with E-state index in [4.69, 9.17) is 10.2 Å². The minimum atomic E-state index is -3.23. The molecule has 0 saturated carbocycles. The summed E-state index contributed by atoms with van der Waals surface area (Å²) in [6, 6.07) is 0.0474. The van der Waals surface area contributed by atoms with Gasteiger partial charge in [-0.3, -0.25) is 0 Å². The molecule has 0 aliphatic carbocycles. The van der Waals surface area contributed by atoms with E-state index < -0.39 is 10.0 Å². The summed E-state index contributed by atoms with van der Waals surface area (Å²) >= 11 is 0. The van der Waals surface area contributed by atoms with Gasteiger partial charge in [0.25, 0.3) is 0 Å².